The van der Waals surface area contributed by atoms with Gasteiger partial charge in [-0.05, 0) is 70.6 Å². The van der Waals surface area contributed by atoms with Crippen LogP contribution in [0.5, 0.6) is 0 Å². The summed E-state index contributed by atoms with van der Waals surface area (Å²) in [5, 5.41) is 9.73. The molecule has 0 radical (unpaired) electrons. The van der Waals surface area contributed by atoms with Gasteiger partial charge in [0, 0.05) is 19.3 Å². The third-order valence-electron chi connectivity index (χ3n) is 11.0. The molecular weight excluding hydrogens is 832 g/mol. The summed E-state index contributed by atoms with van der Waals surface area (Å²) < 4.78 is 39.2. The van der Waals surface area contributed by atoms with Crippen molar-refractivity contribution in [3.05, 3.63) is 36.5 Å². The molecule has 374 valence electrons. The fourth-order valence-corrected chi connectivity index (χ4v) is 7.80. The molecule has 0 aromatic carbocycles. The van der Waals surface area contributed by atoms with E-state index in [2.05, 4.69) is 57.2 Å². The molecule has 0 saturated heterocycles. The maximum Gasteiger partial charge on any atom is 0.472 e. The van der Waals surface area contributed by atoms with Crippen molar-refractivity contribution in [1.82, 2.24) is 0 Å². The summed E-state index contributed by atoms with van der Waals surface area (Å²) in [5.74, 6) is -1.48. The van der Waals surface area contributed by atoms with E-state index in [-0.39, 0.29) is 25.9 Å². The van der Waals surface area contributed by atoms with Gasteiger partial charge in [0.1, 0.15) is 12.7 Å². The van der Waals surface area contributed by atoms with Crippen LogP contribution in [-0.2, 0) is 42.2 Å². The van der Waals surface area contributed by atoms with Crippen molar-refractivity contribution in [3.8, 4) is 0 Å². The Morgan fingerprint density at radius 1 is 0.438 bits per heavy atom. The van der Waals surface area contributed by atoms with Gasteiger partial charge in [-0.15, -0.1) is 0 Å². The molecule has 3 atom stereocenters. The van der Waals surface area contributed by atoms with E-state index in [1.807, 2.05) is 0 Å². The zero-order valence-electron chi connectivity index (χ0n) is 41.0. The second kappa shape index (κ2) is 47.2. The van der Waals surface area contributed by atoms with E-state index in [4.69, 9.17) is 23.3 Å². The molecular formula is C52H95O11P. The number of carbonyl (C=O) groups is 3. The first-order valence-corrected chi connectivity index (χ1v) is 27.4. The highest BCUT2D eigenvalue weighted by atomic mass is 31.2. The van der Waals surface area contributed by atoms with Crippen LogP contribution in [0.25, 0.3) is 0 Å². The minimum Gasteiger partial charge on any atom is -0.462 e. The molecule has 2 N–H and O–H groups in total. The van der Waals surface area contributed by atoms with Gasteiger partial charge in [0.15, 0.2) is 6.10 Å². The Morgan fingerprint density at radius 3 is 1.25 bits per heavy atom. The van der Waals surface area contributed by atoms with Crippen molar-refractivity contribution in [2.75, 3.05) is 26.4 Å². The fourth-order valence-electron chi connectivity index (χ4n) is 7.01. The number of esters is 3. The Labute approximate surface area is 390 Å². The molecule has 0 aliphatic heterocycles. The molecule has 0 aliphatic rings. The molecule has 0 bridgehead atoms. The molecule has 0 heterocycles. The van der Waals surface area contributed by atoms with E-state index in [1.165, 1.54) is 89.9 Å². The van der Waals surface area contributed by atoms with Gasteiger partial charge in [0.25, 0.3) is 0 Å². The van der Waals surface area contributed by atoms with E-state index in [1.54, 1.807) is 0 Å². The largest absolute Gasteiger partial charge is 0.472 e. The third-order valence-corrected chi connectivity index (χ3v) is 12.0. The highest BCUT2D eigenvalue weighted by Crippen LogP contribution is 2.43. The number of phosphoric ester groups is 1. The number of ether oxygens (including phenoxy) is 3. The lowest BCUT2D eigenvalue weighted by molar-refractivity contribution is -0.161. The van der Waals surface area contributed by atoms with Crippen LogP contribution in [0.1, 0.15) is 239 Å². The summed E-state index contributed by atoms with van der Waals surface area (Å²) in [7, 11) is -4.73. The van der Waals surface area contributed by atoms with E-state index in [0.717, 1.165) is 89.9 Å². The molecule has 3 unspecified atom stereocenters. The zero-order valence-corrected chi connectivity index (χ0v) is 41.9. The van der Waals surface area contributed by atoms with Gasteiger partial charge < -0.3 is 24.2 Å². The fraction of sp³-hybridized carbons (Fsp3) is 0.827. The molecule has 11 nitrogen and oxygen atoms in total. The van der Waals surface area contributed by atoms with Crippen molar-refractivity contribution in [3.63, 3.8) is 0 Å². The summed E-state index contributed by atoms with van der Waals surface area (Å²) in [6.45, 7) is 4.53. The van der Waals surface area contributed by atoms with Crippen LogP contribution in [-0.4, -0.2) is 66.5 Å². The number of aliphatic hydroxyl groups excluding tert-OH is 1. The van der Waals surface area contributed by atoms with Crippen molar-refractivity contribution >= 4 is 25.7 Å². The summed E-state index contributed by atoms with van der Waals surface area (Å²) in [6, 6.07) is 0. The Balaban J connectivity index is 4.71. The van der Waals surface area contributed by atoms with Crippen LogP contribution < -0.4 is 0 Å². The molecule has 0 spiro atoms. The average molecular weight is 927 g/mol. The number of unbranched alkanes of at least 4 members (excludes halogenated alkanes) is 25. The molecule has 0 amide bonds. The van der Waals surface area contributed by atoms with E-state index in [0.29, 0.717) is 19.3 Å². The molecule has 0 aliphatic carbocycles. The van der Waals surface area contributed by atoms with Crippen LogP contribution in [0.2, 0.25) is 0 Å². The molecule has 0 fully saturated rings. The lowest BCUT2D eigenvalue weighted by atomic mass is 10.1. The first kappa shape index (κ1) is 61.7. The molecule has 0 saturated carbocycles. The van der Waals surface area contributed by atoms with Crippen LogP contribution in [0, 0.1) is 0 Å². The van der Waals surface area contributed by atoms with E-state index in [9.17, 15) is 28.9 Å². The van der Waals surface area contributed by atoms with Gasteiger partial charge in [-0.3, -0.25) is 23.4 Å². The van der Waals surface area contributed by atoms with Gasteiger partial charge in [0.05, 0.1) is 19.8 Å². The lowest BCUT2D eigenvalue weighted by Crippen LogP contribution is -2.30. The van der Waals surface area contributed by atoms with Crippen molar-refractivity contribution in [1.29, 1.82) is 0 Å². The Hall–Kier alpha value is -2.30. The summed E-state index contributed by atoms with van der Waals surface area (Å²) >= 11 is 0. The van der Waals surface area contributed by atoms with Crippen LogP contribution in [0.4, 0.5) is 0 Å². The molecule has 0 rings (SSSR count). The molecule has 12 heteroatoms. The predicted molar refractivity (Wildman–Crippen MR) is 261 cm³/mol. The summed E-state index contributed by atoms with van der Waals surface area (Å²) in [4.78, 5) is 48.2. The Bertz CT molecular complexity index is 1220. The maximum absolute atomic E-state index is 12.8. The Morgan fingerprint density at radius 2 is 0.781 bits per heavy atom. The minimum absolute atomic E-state index is 0.158. The van der Waals surface area contributed by atoms with Gasteiger partial charge in [-0.25, -0.2) is 4.57 Å². The summed E-state index contributed by atoms with van der Waals surface area (Å²) in [6.07, 6.45) is 45.5. The predicted octanol–water partition coefficient (Wildman–Crippen LogP) is 14.5. The smallest absolute Gasteiger partial charge is 0.462 e. The van der Waals surface area contributed by atoms with Crippen LogP contribution >= 0.6 is 7.82 Å². The standard InChI is InChI=1S/C52H95O11P/c1-4-7-10-13-16-19-21-22-23-24-25-26-28-30-32-35-38-41-50(54)59-45-49(63-52(56)43-40-37-34-31-27-20-17-14-11-8-5-2)47-61-64(57,58)60-46-48(44-53)62-51(55)42-39-36-33-29-18-15-12-9-6-3/h14,16-17,19,22-23,48-49,53H,4-13,15,18,20-21,24-47H2,1-3H3,(H,57,58)/b17-14-,19-16-,23-22-. The second-order valence-corrected chi connectivity index (χ2v) is 18.8. The quantitative estimate of drug-likeness (QED) is 0.0197. The number of rotatable bonds is 48. The monoisotopic (exact) mass is 927 g/mol. The van der Waals surface area contributed by atoms with E-state index < -0.39 is 57.8 Å². The normalized spacial score (nSPS) is 13.8. The average Bonchev–Trinajstić information content (AvgIpc) is 3.28. The van der Waals surface area contributed by atoms with Gasteiger partial charge in [-0.1, -0.05) is 186 Å². The summed E-state index contributed by atoms with van der Waals surface area (Å²) in [5.41, 5.74) is 0. The van der Waals surface area contributed by atoms with E-state index >= 15 is 0 Å². The van der Waals surface area contributed by atoms with Crippen LogP contribution in [0.15, 0.2) is 36.5 Å². The highest BCUT2D eigenvalue weighted by molar-refractivity contribution is 7.47. The lowest BCUT2D eigenvalue weighted by Gasteiger charge is -2.21. The second-order valence-electron chi connectivity index (χ2n) is 17.3. The number of carbonyl (C=O) groups excluding carboxylic acids is 3. The number of aliphatic hydroxyl groups is 1. The molecule has 64 heavy (non-hydrogen) atoms. The number of allylic oxidation sites excluding steroid dienone is 6. The maximum atomic E-state index is 12.8. The van der Waals surface area contributed by atoms with Crippen molar-refractivity contribution in [2.24, 2.45) is 0 Å². The minimum atomic E-state index is -4.73. The van der Waals surface area contributed by atoms with Gasteiger partial charge >= 0.3 is 25.7 Å². The number of hydrogen-bond acceptors (Lipinski definition) is 10. The first-order chi connectivity index (χ1) is 31.2. The zero-order chi connectivity index (χ0) is 47.0. The molecule has 0 aromatic heterocycles. The van der Waals surface area contributed by atoms with Crippen molar-refractivity contribution < 1.29 is 52.2 Å². The SMILES string of the molecule is CCCC/C=C\CCCCCCCC(=O)OC(COC(=O)CCCCCCCCC/C=C\C/C=C\CCCCC)COP(=O)(O)OCC(CO)OC(=O)CCCCCCCCCCC. The van der Waals surface area contributed by atoms with Crippen molar-refractivity contribution in [2.45, 2.75) is 251 Å². The number of hydrogen-bond donors (Lipinski definition) is 2. The topological polar surface area (TPSA) is 155 Å². The Kier molecular flexibility index (Phi) is 45.5. The van der Waals surface area contributed by atoms with Gasteiger partial charge in [0.2, 0.25) is 0 Å². The third kappa shape index (κ3) is 44.9. The van der Waals surface area contributed by atoms with Crippen LogP contribution in [0.3, 0.4) is 0 Å². The first-order valence-electron chi connectivity index (χ1n) is 25.9. The molecule has 0 aromatic rings. The van der Waals surface area contributed by atoms with Gasteiger partial charge in [-0.2, -0.15) is 0 Å². The number of phosphoric acid groups is 1. The highest BCUT2D eigenvalue weighted by Gasteiger charge is 2.28.